The number of pyridine rings is 1. The van der Waals surface area contributed by atoms with Gasteiger partial charge in [0, 0.05) is 49.7 Å². The zero-order chi connectivity index (χ0) is 17.1. The number of amides is 1. The van der Waals surface area contributed by atoms with E-state index in [4.69, 9.17) is 0 Å². The molecule has 1 aromatic heterocycles. The molecule has 0 bridgehead atoms. The summed E-state index contributed by atoms with van der Waals surface area (Å²) in [6.07, 6.45) is 2.90. The highest BCUT2D eigenvalue weighted by atomic mass is 19.2. The molecule has 0 aliphatic carbocycles. The van der Waals surface area contributed by atoms with Crippen LogP contribution in [0, 0.1) is 11.6 Å². The molecule has 0 radical (unpaired) electrons. The summed E-state index contributed by atoms with van der Waals surface area (Å²) in [6.45, 7) is 6.06. The largest absolute Gasteiger partial charge is 0.336 e. The molecule has 2 aromatic rings. The molecule has 1 aliphatic rings. The zero-order valence-electron chi connectivity index (χ0n) is 13.5. The Labute approximate surface area is 139 Å². The Morgan fingerprint density at radius 2 is 1.92 bits per heavy atom. The maximum absolute atomic E-state index is 14.0. The molecule has 1 fully saturated rings. The Kier molecular flexibility index (Phi) is 4.85. The highest BCUT2D eigenvalue weighted by molar-refractivity contribution is 5.95. The number of hydrogen-bond acceptors (Lipinski definition) is 3. The maximum atomic E-state index is 14.0. The molecule has 2 heterocycles. The maximum Gasteiger partial charge on any atom is 0.255 e. The number of rotatable bonds is 3. The molecule has 1 aliphatic heterocycles. The average Bonchev–Trinajstić information content (AvgIpc) is 2.63. The van der Waals surface area contributed by atoms with Crippen LogP contribution >= 0.6 is 0 Å². The van der Waals surface area contributed by atoms with Gasteiger partial charge >= 0.3 is 0 Å². The molecule has 0 N–H and O–H groups in total. The number of likely N-dealkylation sites (N-methyl/N-ethyl adjacent to an activating group) is 1. The van der Waals surface area contributed by atoms with Crippen LogP contribution in [0.1, 0.15) is 17.3 Å². The Bertz CT molecular complexity index is 743. The summed E-state index contributed by atoms with van der Waals surface area (Å²) < 4.78 is 27.4. The summed E-state index contributed by atoms with van der Waals surface area (Å²) in [5, 5.41) is 0. The van der Waals surface area contributed by atoms with Gasteiger partial charge in [0.1, 0.15) is 0 Å². The van der Waals surface area contributed by atoms with Crippen LogP contribution < -0.4 is 0 Å². The summed E-state index contributed by atoms with van der Waals surface area (Å²) in [5.41, 5.74) is 0.888. The van der Waals surface area contributed by atoms with Crippen molar-refractivity contribution in [1.82, 2.24) is 14.8 Å². The monoisotopic (exact) mass is 331 g/mol. The first kappa shape index (κ1) is 16.5. The van der Waals surface area contributed by atoms with Gasteiger partial charge in [-0.1, -0.05) is 19.1 Å². The van der Waals surface area contributed by atoms with Crippen LogP contribution in [0.2, 0.25) is 0 Å². The summed E-state index contributed by atoms with van der Waals surface area (Å²) in [6, 6.07) is 5.55. The van der Waals surface area contributed by atoms with E-state index < -0.39 is 11.6 Å². The number of piperazine rings is 1. The molecule has 4 nitrogen and oxygen atoms in total. The van der Waals surface area contributed by atoms with Gasteiger partial charge < -0.3 is 9.80 Å². The van der Waals surface area contributed by atoms with Gasteiger partial charge in [0.05, 0.1) is 5.56 Å². The van der Waals surface area contributed by atoms with E-state index in [1.54, 1.807) is 11.0 Å². The van der Waals surface area contributed by atoms with Gasteiger partial charge in [-0.2, -0.15) is 0 Å². The molecule has 1 amide bonds. The second-order valence-corrected chi connectivity index (χ2v) is 5.79. The molecule has 1 aromatic carbocycles. The fourth-order valence-corrected chi connectivity index (χ4v) is 2.88. The average molecular weight is 331 g/mol. The highest BCUT2D eigenvalue weighted by Crippen LogP contribution is 2.25. The first-order valence-corrected chi connectivity index (χ1v) is 8.01. The fourth-order valence-electron chi connectivity index (χ4n) is 2.88. The SMILES string of the molecule is CCN1CCN(C(=O)c2cncc(-c3cccc(F)c3F)c2)CC1. The third-order valence-corrected chi connectivity index (χ3v) is 4.35. The van der Waals surface area contributed by atoms with Crippen molar-refractivity contribution in [2.45, 2.75) is 6.92 Å². The van der Waals surface area contributed by atoms with Gasteiger partial charge in [0.15, 0.2) is 11.6 Å². The van der Waals surface area contributed by atoms with Gasteiger partial charge in [-0.25, -0.2) is 8.78 Å². The first-order valence-electron chi connectivity index (χ1n) is 8.01. The van der Waals surface area contributed by atoms with Gasteiger partial charge in [-0.3, -0.25) is 9.78 Å². The quantitative estimate of drug-likeness (QED) is 0.868. The van der Waals surface area contributed by atoms with Crippen molar-refractivity contribution in [3.63, 3.8) is 0 Å². The smallest absolute Gasteiger partial charge is 0.255 e. The van der Waals surface area contributed by atoms with E-state index in [9.17, 15) is 13.6 Å². The summed E-state index contributed by atoms with van der Waals surface area (Å²) in [5.74, 6) is -1.97. The number of benzene rings is 1. The Balaban J connectivity index is 1.83. The minimum atomic E-state index is -0.930. The third kappa shape index (κ3) is 3.28. The molecule has 0 saturated carbocycles. The van der Waals surface area contributed by atoms with Crippen molar-refractivity contribution in [3.05, 3.63) is 53.9 Å². The van der Waals surface area contributed by atoms with Gasteiger partial charge in [-0.15, -0.1) is 0 Å². The molecule has 6 heteroatoms. The zero-order valence-corrected chi connectivity index (χ0v) is 13.5. The van der Waals surface area contributed by atoms with E-state index in [0.29, 0.717) is 24.2 Å². The normalized spacial score (nSPS) is 15.5. The van der Waals surface area contributed by atoms with Crippen molar-refractivity contribution in [2.24, 2.45) is 0 Å². The highest BCUT2D eigenvalue weighted by Gasteiger charge is 2.22. The Morgan fingerprint density at radius 1 is 1.17 bits per heavy atom. The van der Waals surface area contributed by atoms with Crippen LogP contribution in [-0.2, 0) is 0 Å². The van der Waals surface area contributed by atoms with Crippen LogP contribution in [0.5, 0.6) is 0 Å². The van der Waals surface area contributed by atoms with Crippen LogP contribution in [-0.4, -0.2) is 53.4 Å². The molecule has 24 heavy (non-hydrogen) atoms. The van der Waals surface area contributed by atoms with Crippen molar-refractivity contribution in [2.75, 3.05) is 32.7 Å². The molecule has 0 spiro atoms. The van der Waals surface area contributed by atoms with Gasteiger partial charge in [-0.05, 0) is 18.7 Å². The lowest BCUT2D eigenvalue weighted by atomic mass is 10.0. The number of halogens is 2. The molecule has 126 valence electrons. The molecule has 3 rings (SSSR count). The van der Waals surface area contributed by atoms with Crippen molar-refractivity contribution in [3.8, 4) is 11.1 Å². The number of aromatic nitrogens is 1. The van der Waals surface area contributed by atoms with E-state index in [-0.39, 0.29) is 11.5 Å². The minimum absolute atomic E-state index is 0.105. The first-order chi connectivity index (χ1) is 11.6. The lowest BCUT2D eigenvalue weighted by Gasteiger charge is -2.34. The summed E-state index contributed by atoms with van der Waals surface area (Å²) in [4.78, 5) is 20.7. The summed E-state index contributed by atoms with van der Waals surface area (Å²) in [7, 11) is 0. The van der Waals surface area contributed by atoms with Crippen LogP contribution in [0.15, 0.2) is 36.7 Å². The molecule has 0 atom stereocenters. The van der Waals surface area contributed by atoms with E-state index >= 15 is 0 Å². The second-order valence-electron chi connectivity index (χ2n) is 5.79. The predicted molar refractivity (Wildman–Crippen MR) is 87.6 cm³/mol. The molecule has 1 saturated heterocycles. The molecule has 0 unspecified atom stereocenters. The second kappa shape index (κ2) is 7.05. The topological polar surface area (TPSA) is 36.4 Å². The van der Waals surface area contributed by atoms with Crippen molar-refractivity contribution in [1.29, 1.82) is 0 Å². The van der Waals surface area contributed by atoms with E-state index in [1.807, 2.05) is 0 Å². The number of carbonyl (C=O) groups is 1. The van der Waals surface area contributed by atoms with Crippen molar-refractivity contribution >= 4 is 5.91 Å². The standard InChI is InChI=1S/C18H19F2N3O/c1-2-22-6-8-23(9-7-22)18(24)14-10-13(11-21-12-14)15-4-3-5-16(19)17(15)20/h3-5,10-12H,2,6-9H2,1H3. The van der Waals surface area contributed by atoms with E-state index in [0.717, 1.165) is 25.7 Å². The van der Waals surface area contributed by atoms with E-state index in [2.05, 4.69) is 16.8 Å². The molecular formula is C18H19F2N3O. The van der Waals surface area contributed by atoms with Crippen LogP contribution in [0.4, 0.5) is 8.78 Å². The predicted octanol–water partition coefficient (Wildman–Crippen LogP) is 2.80. The third-order valence-electron chi connectivity index (χ3n) is 4.35. The van der Waals surface area contributed by atoms with Crippen molar-refractivity contribution < 1.29 is 13.6 Å². The van der Waals surface area contributed by atoms with Crippen LogP contribution in [0.3, 0.4) is 0 Å². The molecular weight excluding hydrogens is 312 g/mol. The summed E-state index contributed by atoms with van der Waals surface area (Å²) >= 11 is 0. The number of hydrogen-bond donors (Lipinski definition) is 0. The van der Waals surface area contributed by atoms with Crippen LogP contribution in [0.25, 0.3) is 11.1 Å². The number of carbonyl (C=O) groups excluding carboxylic acids is 1. The van der Waals surface area contributed by atoms with E-state index in [1.165, 1.54) is 24.5 Å². The Hall–Kier alpha value is -2.34. The Morgan fingerprint density at radius 3 is 2.62 bits per heavy atom. The number of nitrogens with zero attached hydrogens (tertiary/aromatic N) is 3. The lowest BCUT2D eigenvalue weighted by Crippen LogP contribution is -2.48. The lowest BCUT2D eigenvalue weighted by molar-refractivity contribution is 0.0643. The fraction of sp³-hybridized carbons (Fsp3) is 0.333. The van der Waals surface area contributed by atoms with Gasteiger partial charge in [0.2, 0.25) is 0 Å². The minimum Gasteiger partial charge on any atom is -0.336 e. The van der Waals surface area contributed by atoms with Gasteiger partial charge in [0.25, 0.3) is 5.91 Å².